The number of amides is 3. The first-order valence-electron chi connectivity index (χ1n) is 13.4. The predicted molar refractivity (Wildman–Crippen MR) is 161 cm³/mol. The van der Waals surface area contributed by atoms with Crippen LogP contribution in [0.1, 0.15) is 51.5 Å². The molecule has 3 amide bonds. The van der Waals surface area contributed by atoms with Crippen LogP contribution in [0.3, 0.4) is 0 Å². The number of carbonyl (C=O) groups excluding carboxylic acids is 3. The quantitative estimate of drug-likeness (QED) is 0.151. The van der Waals surface area contributed by atoms with Gasteiger partial charge in [0.2, 0.25) is 17.7 Å². The number of nitrogens with one attached hydrogen (secondary N) is 3. The molecule has 2 aromatic carbocycles. The van der Waals surface area contributed by atoms with Crippen molar-refractivity contribution in [2.24, 2.45) is 5.92 Å². The third-order valence-corrected chi connectivity index (χ3v) is 6.87. The Morgan fingerprint density at radius 3 is 2.36 bits per heavy atom. The average Bonchev–Trinajstić information content (AvgIpc) is 2.91. The second-order valence-electron chi connectivity index (χ2n) is 10.0. The molecular weight excluding hydrogens is 532 g/mol. The second-order valence-corrected chi connectivity index (χ2v) is 10.9. The van der Waals surface area contributed by atoms with Gasteiger partial charge in [0.05, 0.1) is 11.2 Å². The second kappa shape index (κ2) is 15.5. The number of unbranched alkanes of at least 4 members (excludes halogenated alkanes) is 2. The van der Waals surface area contributed by atoms with Gasteiger partial charge >= 0.3 is 0 Å². The Labute approximate surface area is 240 Å². The van der Waals surface area contributed by atoms with Crippen molar-refractivity contribution in [3.05, 3.63) is 71.4 Å². The maximum atomic E-state index is 13.6. The highest BCUT2D eigenvalue weighted by atomic mass is 35.5. The van der Waals surface area contributed by atoms with Gasteiger partial charge in [0.1, 0.15) is 12.1 Å². The lowest BCUT2D eigenvalue weighted by atomic mass is 10.0. The highest BCUT2D eigenvalue weighted by Gasteiger charge is 2.28. The van der Waals surface area contributed by atoms with E-state index < -0.39 is 18.0 Å². The Bertz CT molecular complexity index is 1250. The number of hydrogen-bond donors (Lipinski definition) is 4. The zero-order valence-electron chi connectivity index (χ0n) is 22.5. The summed E-state index contributed by atoms with van der Waals surface area (Å²) in [5.74, 6) is 0.00718. The molecule has 1 heterocycles. The molecule has 0 fully saturated rings. The van der Waals surface area contributed by atoms with E-state index in [0.29, 0.717) is 29.1 Å². The first kappa shape index (κ1) is 30.4. The molecule has 9 heteroatoms. The van der Waals surface area contributed by atoms with Gasteiger partial charge in [-0.2, -0.15) is 12.6 Å². The zero-order valence-corrected chi connectivity index (χ0v) is 24.1. The Kier molecular flexibility index (Phi) is 12.1. The Morgan fingerprint density at radius 1 is 0.897 bits per heavy atom. The van der Waals surface area contributed by atoms with Gasteiger partial charge in [-0.15, -0.1) is 0 Å². The van der Waals surface area contributed by atoms with Crippen LogP contribution >= 0.6 is 24.2 Å². The fourth-order valence-electron chi connectivity index (χ4n) is 4.31. The van der Waals surface area contributed by atoms with Crippen molar-refractivity contribution in [2.75, 3.05) is 11.1 Å². The third kappa shape index (κ3) is 9.86. The predicted octanol–water partition coefficient (Wildman–Crippen LogP) is 5.58. The Balaban J connectivity index is 1.78. The van der Waals surface area contributed by atoms with Crippen LogP contribution in [0, 0.1) is 5.92 Å². The van der Waals surface area contributed by atoms with Crippen LogP contribution in [0.15, 0.2) is 60.8 Å². The first-order valence-corrected chi connectivity index (χ1v) is 14.4. The lowest BCUT2D eigenvalue weighted by molar-refractivity contribution is -0.131. The summed E-state index contributed by atoms with van der Waals surface area (Å²) in [4.78, 5) is 44.0. The summed E-state index contributed by atoms with van der Waals surface area (Å²) in [7, 11) is 0. The average molecular weight is 569 g/mol. The number of hydrogen-bond acceptors (Lipinski definition) is 5. The lowest BCUT2D eigenvalue weighted by Gasteiger charge is -2.24. The number of para-hydroxylation sites is 1. The molecule has 0 bridgehead atoms. The number of nitrogens with zero attached hydrogens (tertiary/aromatic N) is 1. The van der Waals surface area contributed by atoms with Crippen molar-refractivity contribution in [1.82, 2.24) is 15.6 Å². The number of aromatic nitrogens is 1. The number of halogens is 1. The summed E-state index contributed by atoms with van der Waals surface area (Å²) in [5, 5.41) is 10.2. The van der Waals surface area contributed by atoms with Crippen LogP contribution in [0.4, 0.5) is 5.69 Å². The summed E-state index contributed by atoms with van der Waals surface area (Å²) in [6.45, 7) is 3.98. The molecule has 39 heavy (non-hydrogen) atoms. The van der Waals surface area contributed by atoms with Crippen LogP contribution in [0.2, 0.25) is 5.02 Å². The highest BCUT2D eigenvalue weighted by molar-refractivity contribution is 7.80. The topological polar surface area (TPSA) is 100 Å². The Hall–Kier alpha value is -3.10. The maximum Gasteiger partial charge on any atom is 0.247 e. The zero-order chi connectivity index (χ0) is 28.2. The molecule has 0 spiro atoms. The first-order chi connectivity index (χ1) is 18.8. The van der Waals surface area contributed by atoms with E-state index in [-0.39, 0.29) is 24.2 Å². The summed E-state index contributed by atoms with van der Waals surface area (Å²) in [6.07, 6.45) is 5.31. The van der Waals surface area contributed by atoms with E-state index in [2.05, 4.69) is 33.6 Å². The van der Waals surface area contributed by atoms with E-state index in [4.69, 9.17) is 11.6 Å². The molecule has 3 rings (SSSR count). The number of fused-ring (bicyclic) bond motifs is 1. The molecule has 0 unspecified atom stereocenters. The SMILES string of the molecule is CC(C)C[C@H](NC(=O)CCCCCS)C(=O)N[C@@H](Cc1ccc(Cl)cc1)C(=O)Nc1cccc2cccnc12. The van der Waals surface area contributed by atoms with Crippen LogP contribution in [-0.4, -0.2) is 40.5 Å². The van der Waals surface area contributed by atoms with Crippen molar-refractivity contribution in [3.8, 4) is 0 Å². The summed E-state index contributed by atoms with van der Waals surface area (Å²) in [5.41, 5.74) is 2.05. The minimum absolute atomic E-state index is 0.163. The standard InChI is InChI=1S/C30H37ClN4O3S/c1-20(2)18-25(33-27(36)11-4-3-5-17-39)29(37)35-26(19-21-12-14-23(31)15-13-21)30(38)34-24-10-6-8-22-9-7-16-32-28(22)24/h6-10,12-16,20,25-26,39H,3-5,11,17-19H2,1-2H3,(H,33,36)(H,34,38)(H,35,37)/t25-,26-/m0/s1. The molecular formula is C30H37ClN4O3S. The maximum absolute atomic E-state index is 13.6. The Morgan fingerprint density at radius 2 is 1.64 bits per heavy atom. The molecule has 0 saturated heterocycles. The third-order valence-electron chi connectivity index (χ3n) is 6.30. The van der Waals surface area contributed by atoms with E-state index in [1.165, 1.54) is 0 Å². The van der Waals surface area contributed by atoms with Crippen molar-refractivity contribution in [2.45, 2.75) is 64.5 Å². The molecule has 208 valence electrons. The smallest absolute Gasteiger partial charge is 0.247 e. The van der Waals surface area contributed by atoms with Gasteiger partial charge in [-0.3, -0.25) is 19.4 Å². The number of pyridine rings is 1. The lowest BCUT2D eigenvalue weighted by Crippen LogP contribution is -2.53. The van der Waals surface area contributed by atoms with Crippen molar-refractivity contribution in [3.63, 3.8) is 0 Å². The summed E-state index contributed by atoms with van der Waals surface area (Å²) >= 11 is 10.3. The molecule has 0 saturated carbocycles. The van der Waals surface area contributed by atoms with E-state index >= 15 is 0 Å². The van der Waals surface area contributed by atoms with Crippen molar-refractivity contribution in [1.29, 1.82) is 0 Å². The van der Waals surface area contributed by atoms with Gasteiger partial charge in [-0.25, -0.2) is 0 Å². The molecule has 0 aliphatic heterocycles. The number of anilines is 1. The molecule has 0 radical (unpaired) electrons. The van der Waals surface area contributed by atoms with Crippen molar-refractivity contribution < 1.29 is 14.4 Å². The van der Waals surface area contributed by atoms with Crippen LogP contribution < -0.4 is 16.0 Å². The molecule has 3 N–H and O–H groups in total. The van der Waals surface area contributed by atoms with Gasteiger partial charge in [0.25, 0.3) is 0 Å². The van der Waals surface area contributed by atoms with Crippen molar-refractivity contribution >= 4 is 58.5 Å². The summed E-state index contributed by atoms with van der Waals surface area (Å²) in [6, 6.07) is 14.8. The minimum Gasteiger partial charge on any atom is -0.344 e. The number of thiol groups is 1. The molecule has 1 aromatic heterocycles. The molecule has 0 aliphatic carbocycles. The fourth-order valence-corrected chi connectivity index (χ4v) is 4.66. The normalized spacial score (nSPS) is 12.6. The number of benzene rings is 2. The monoisotopic (exact) mass is 568 g/mol. The number of rotatable bonds is 14. The number of carbonyl (C=O) groups is 3. The van der Waals surface area contributed by atoms with E-state index in [0.717, 1.165) is 36.0 Å². The van der Waals surface area contributed by atoms with Crippen LogP contribution in [0.5, 0.6) is 0 Å². The molecule has 7 nitrogen and oxygen atoms in total. The van der Waals surface area contributed by atoms with E-state index in [9.17, 15) is 14.4 Å². The summed E-state index contributed by atoms with van der Waals surface area (Å²) < 4.78 is 0. The molecule has 0 aliphatic rings. The molecule has 3 aromatic rings. The van der Waals surface area contributed by atoms with Gasteiger partial charge in [-0.05, 0) is 60.8 Å². The van der Waals surface area contributed by atoms with Crippen LogP contribution in [-0.2, 0) is 20.8 Å². The molecule has 2 atom stereocenters. The minimum atomic E-state index is -0.889. The largest absolute Gasteiger partial charge is 0.344 e. The van der Waals surface area contributed by atoms with Crippen LogP contribution in [0.25, 0.3) is 10.9 Å². The van der Waals surface area contributed by atoms with Gasteiger partial charge < -0.3 is 16.0 Å². The fraction of sp³-hybridized carbons (Fsp3) is 0.400. The highest BCUT2D eigenvalue weighted by Crippen LogP contribution is 2.21. The van der Waals surface area contributed by atoms with Gasteiger partial charge in [-0.1, -0.05) is 62.2 Å². The van der Waals surface area contributed by atoms with Gasteiger partial charge in [0, 0.05) is 29.4 Å². The van der Waals surface area contributed by atoms with Gasteiger partial charge in [0.15, 0.2) is 0 Å². The van der Waals surface area contributed by atoms with E-state index in [1.54, 1.807) is 24.4 Å². The van der Waals surface area contributed by atoms with E-state index in [1.807, 2.05) is 50.2 Å².